The number of rotatable bonds is 7. The van der Waals surface area contributed by atoms with Gasteiger partial charge in [0.2, 0.25) is 0 Å². The van der Waals surface area contributed by atoms with Gasteiger partial charge in [0, 0.05) is 33.2 Å². The molecule has 1 aliphatic rings. The van der Waals surface area contributed by atoms with E-state index in [2.05, 4.69) is 5.32 Å². The van der Waals surface area contributed by atoms with Gasteiger partial charge in [-0.2, -0.15) is 0 Å². The van der Waals surface area contributed by atoms with Crippen LogP contribution < -0.4 is 5.32 Å². The molecule has 0 unspecified atom stereocenters. The third-order valence-corrected chi connectivity index (χ3v) is 3.13. The summed E-state index contributed by atoms with van der Waals surface area (Å²) in [5.74, 6) is -1.08. The molecule has 1 saturated heterocycles. The fourth-order valence-electron chi connectivity index (χ4n) is 2.12. The van der Waals surface area contributed by atoms with Crippen LogP contribution in [0, 0.1) is 0 Å². The van der Waals surface area contributed by atoms with Gasteiger partial charge in [0.05, 0.1) is 6.10 Å². The number of hydrogen-bond acceptors (Lipinski definition) is 4. The summed E-state index contributed by atoms with van der Waals surface area (Å²) in [6.07, 6.45) is 2.04. The quantitative estimate of drug-likeness (QED) is 0.569. The number of unbranched alkanes of at least 4 members (excludes halogenated alkanes) is 2. The maximum absolute atomic E-state index is 11.8. The van der Waals surface area contributed by atoms with Gasteiger partial charge >= 0.3 is 12.0 Å². The zero-order valence-corrected chi connectivity index (χ0v) is 11.2. The minimum Gasteiger partial charge on any atom is -0.480 e. The average molecular weight is 274 g/mol. The summed E-state index contributed by atoms with van der Waals surface area (Å²) in [4.78, 5) is 24.0. The highest BCUT2D eigenvalue weighted by Crippen LogP contribution is 2.18. The number of ether oxygens (including phenoxy) is 1. The number of amides is 2. The zero-order valence-electron chi connectivity index (χ0n) is 11.2. The van der Waals surface area contributed by atoms with Crippen molar-refractivity contribution in [1.29, 1.82) is 0 Å². The first-order valence-electron chi connectivity index (χ1n) is 6.50. The number of aliphatic hydroxyl groups is 1. The van der Waals surface area contributed by atoms with E-state index in [1.165, 1.54) is 4.90 Å². The molecular formula is C12H22N2O5. The molecule has 1 heterocycles. The second-order valence-corrected chi connectivity index (χ2v) is 4.68. The summed E-state index contributed by atoms with van der Waals surface area (Å²) >= 11 is 0. The monoisotopic (exact) mass is 274 g/mol. The molecule has 0 aromatic heterocycles. The van der Waals surface area contributed by atoms with E-state index < -0.39 is 24.1 Å². The third kappa shape index (κ3) is 5.04. The molecule has 1 aliphatic heterocycles. The first-order valence-corrected chi connectivity index (χ1v) is 6.50. The number of likely N-dealkylation sites (tertiary alicyclic amines) is 1. The Hall–Kier alpha value is -1.34. The SMILES string of the molecule is COCCCCCNC(=O)N1C[C@H](O)C[C@H]1C(=O)O. The van der Waals surface area contributed by atoms with Crippen molar-refractivity contribution in [3.63, 3.8) is 0 Å². The van der Waals surface area contributed by atoms with Gasteiger partial charge in [-0.1, -0.05) is 0 Å². The average Bonchev–Trinajstić information content (AvgIpc) is 2.76. The Balaban J connectivity index is 2.26. The molecule has 7 nitrogen and oxygen atoms in total. The Kier molecular flexibility index (Phi) is 6.58. The molecule has 19 heavy (non-hydrogen) atoms. The molecule has 0 aliphatic carbocycles. The van der Waals surface area contributed by atoms with Gasteiger partial charge in [-0.25, -0.2) is 9.59 Å². The Morgan fingerprint density at radius 3 is 2.74 bits per heavy atom. The predicted molar refractivity (Wildman–Crippen MR) is 67.9 cm³/mol. The van der Waals surface area contributed by atoms with Crippen LogP contribution in [0.1, 0.15) is 25.7 Å². The highest BCUT2D eigenvalue weighted by molar-refractivity contribution is 5.83. The maximum Gasteiger partial charge on any atom is 0.326 e. The molecule has 0 radical (unpaired) electrons. The first-order chi connectivity index (χ1) is 9.06. The molecule has 3 N–H and O–H groups in total. The highest BCUT2D eigenvalue weighted by atomic mass is 16.5. The van der Waals surface area contributed by atoms with Crippen molar-refractivity contribution < 1.29 is 24.5 Å². The molecule has 0 bridgehead atoms. The highest BCUT2D eigenvalue weighted by Gasteiger charge is 2.38. The largest absolute Gasteiger partial charge is 0.480 e. The van der Waals surface area contributed by atoms with E-state index in [0.29, 0.717) is 13.2 Å². The molecule has 2 amide bonds. The van der Waals surface area contributed by atoms with Crippen molar-refractivity contribution in [2.45, 2.75) is 37.8 Å². The number of carboxylic acid groups (broad SMARTS) is 1. The molecule has 7 heteroatoms. The van der Waals surface area contributed by atoms with Crippen LogP contribution in [0.2, 0.25) is 0 Å². The van der Waals surface area contributed by atoms with E-state index in [9.17, 15) is 14.7 Å². The van der Waals surface area contributed by atoms with Crippen LogP contribution in [0.5, 0.6) is 0 Å². The smallest absolute Gasteiger partial charge is 0.326 e. The number of carboxylic acids is 1. The molecule has 0 aromatic rings. The van der Waals surface area contributed by atoms with Crippen molar-refractivity contribution in [1.82, 2.24) is 10.2 Å². The first kappa shape index (κ1) is 15.7. The van der Waals surface area contributed by atoms with Crippen LogP contribution in [0.4, 0.5) is 4.79 Å². The Morgan fingerprint density at radius 2 is 2.11 bits per heavy atom. The molecular weight excluding hydrogens is 252 g/mol. The van der Waals surface area contributed by atoms with E-state index in [4.69, 9.17) is 9.84 Å². The van der Waals surface area contributed by atoms with Crippen molar-refractivity contribution in [2.24, 2.45) is 0 Å². The topological polar surface area (TPSA) is 99.1 Å². The Labute approximate surface area is 112 Å². The molecule has 1 rings (SSSR count). The number of carbonyl (C=O) groups is 2. The van der Waals surface area contributed by atoms with Crippen LogP contribution in [0.15, 0.2) is 0 Å². The fourth-order valence-corrected chi connectivity index (χ4v) is 2.12. The second kappa shape index (κ2) is 7.96. The molecule has 110 valence electrons. The van der Waals surface area contributed by atoms with Crippen LogP contribution in [0.3, 0.4) is 0 Å². The number of aliphatic carboxylic acids is 1. The lowest BCUT2D eigenvalue weighted by molar-refractivity contribution is -0.141. The van der Waals surface area contributed by atoms with Crippen molar-refractivity contribution in [2.75, 3.05) is 26.8 Å². The molecule has 1 fully saturated rings. The zero-order chi connectivity index (χ0) is 14.3. The van der Waals surface area contributed by atoms with Crippen LogP contribution in [-0.4, -0.2) is 66.1 Å². The number of hydrogen-bond donors (Lipinski definition) is 3. The minimum atomic E-state index is -1.08. The number of carbonyl (C=O) groups excluding carboxylic acids is 1. The fraction of sp³-hybridized carbons (Fsp3) is 0.833. The molecule has 0 spiro atoms. The van der Waals surface area contributed by atoms with Crippen molar-refractivity contribution >= 4 is 12.0 Å². The van der Waals surface area contributed by atoms with Crippen molar-refractivity contribution in [3.05, 3.63) is 0 Å². The van der Waals surface area contributed by atoms with Gasteiger partial charge in [0.25, 0.3) is 0 Å². The third-order valence-electron chi connectivity index (χ3n) is 3.13. The summed E-state index contributed by atoms with van der Waals surface area (Å²) in [5.41, 5.74) is 0. The van der Waals surface area contributed by atoms with Crippen LogP contribution in [0.25, 0.3) is 0 Å². The van der Waals surface area contributed by atoms with E-state index in [0.717, 1.165) is 19.3 Å². The van der Waals surface area contributed by atoms with E-state index in [-0.39, 0.29) is 13.0 Å². The number of methoxy groups -OCH3 is 1. The van der Waals surface area contributed by atoms with Crippen LogP contribution in [-0.2, 0) is 9.53 Å². The van der Waals surface area contributed by atoms with Gasteiger partial charge in [-0.05, 0) is 19.3 Å². The summed E-state index contributed by atoms with van der Waals surface area (Å²) in [7, 11) is 1.65. The predicted octanol–water partition coefficient (Wildman–Crippen LogP) is 0.0325. The maximum atomic E-state index is 11.8. The Bertz CT molecular complexity index is 310. The molecule has 2 atom stereocenters. The summed E-state index contributed by atoms with van der Waals surface area (Å²) in [5, 5.41) is 21.1. The van der Waals surface area contributed by atoms with Gasteiger partial charge in [0.15, 0.2) is 0 Å². The number of nitrogens with one attached hydrogen (secondary N) is 1. The van der Waals surface area contributed by atoms with Gasteiger partial charge in [-0.15, -0.1) is 0 Å². The number of β-amino-alcohol motifs (C(OH)–C–C–N with tert-alkyl or cyclic N) is 1. The van der Waals surface area contributed by atoms with E-state index in [1.54, 1.807) is 7.11 Å². The standard InChI is InChI=1S/C12H22N2O5/c1-19-6-4-2-3-5-13-12(18)14-8-9(15)7-10(14)11(16)17/h9-10,15H,2-8H2,1H3,(H,13,18)(H,16,17)/t9-,10+/m1/s1. The Morgan fingerprint density at radius 1 is 1.37 bits per heavy atom. The molecule has 0 aromatic carbocycles. The normalized spacial score (nSPS) is 22.5. The lowest BCUT2D eigenvalue weighted by Gasteiger charge is -2.21. The number of aliphatic hydroxyl groups excluding tert-OH is 1. The number of nitrogens with zero attached hydrogens (tertiary/aromatic N) is 1. The van der Waals surface area contributed by atoms with Crippen molar-refractivity contribution in [3.8, 4) is 0 Å². The van der Waals surface area contributed by atoms with E-state index >= 15 is 0 Å². The second-order valence-electron chi connectivity index (χ2n) is 4.68. The summed E-state index contributed by atoms with van der Waals surface area (Å²) in [6.45, 7) is 1.28. The lowest BCUT2D eigenvalue weighted by Crippen LogP contribution is -2.46. The van der Waals surface area contributed by atoms with Crippen LogP contribution >= 0.6 is 0 Å². The lowest BCUT2D eigenvalue weighted by atomic mass is 10.2. The summed E-state index contributed by atoms with van der Waals surface area (Å²) < 4.78 is 4.91. The van der Waals surface area contributed by atoms with E-state index in [1.807, 2.05) is 0 Å². The number of urea groups is 1. The van der Waals surface area contributed by atoms with Gasteiger partial charge in [0.1, 0.15) is 6.04 Å². The minimum absolute atomic E-state index is 0.0759. The summed E-state index contributed by atoms with van der Waals surface area (Å²) in [6, 6.07) is -1.35. The van der Waals surface area contributed by atoms with Gasteiger partial charge in [-0.3, -0.25) is 0 Å². The van der Waals surface area contributed by atoms with Gasteiger partial charge < -0.3 is 25.2 Å². The molecule has 0 saturated carbocycles.